The summed E-state index contributed by atoms with van der Waals surface area (Å²) >= 11 is 0. The Labute approximate surface area is 87.7 Å². The number of aromatic amines is 1. The lowest BCUT2D eigenvalue weighted by Crippen LogP contribution is -2.20. The van der Waals surface area contributed by atoms with Gasteiger partial charge in [-0.3, -0.25) is 9.59 Å². The number of carbonyl (C=O) groups excluding carboxylic acids is 1. The molecule has 15 heavy (non-hydrogen) atoms. The normalized spacial score (nSPS) is 8.87. The van der Waals surface area contributed by atoms with Crippen LogP contribution in [0.2, 0.25) is 0 Å². The molecule has 2 N–H and O–H groups in total. The Morgan fingerprint density at radius 3 is 3.07 bits per heavy atom. The van der Waals surface area contributed by atoms with Crippen molar-refractivity contribution in [2.24, 2.45) is 0 Å². The molecule has 0 aliphatic carbocycles. The molecule has 1 aromatic heterocycles. The van der Waals surface area contributed by atoms with Crippen molar-refractivity contribution in [3.05, 3.63) is 34.2 Å². The Morgan fingerprint density at radius 1 is 1.60 bits per heavy atom. The van der Waals surface area contributed by atoms with Crippen molar-refractivity contribution in [3.8, 4) is 11.8 Å². The maximum atomic E-state index is 10.9. The molecular formula is C11H12N2O2. The molecule has 0 fully saturated rings. The van der Waals surface area contributed by atoms with Crippen LogP contribution in [0.4, 0.5) is 0 Å². The molecule has 0 saturated carbocycles. The van der Waals surface area contributed by atoms with Crippen LogP contribution >= 0.6 is 0 Å². The third-order valence-corrected chi connectivity index (χ3v) is 1.62. The van der Waals surface area contributed by atoms with Crippen molar-refractivity contribution in [1.82, 2.24) is 10.3 Å². The van der Waals surface area contributed by atoms with Crippen molar-refractivity contribution in [3.63, 3.8) is 0 Å². The molecule has 0 unspecified atom stereocenters. The van der Waals surface area contributed by atoms with Crippen LogP contribution in [-0.4, -0.2) is 17.4 Å². The zero-order valence-electron chi connectivity index (χ0n) is 8.46. The van der Waals surface area contributed by atoms with Crippen LogP contribution in [0.15, 0.2) is 23.1 Å². The summed E-state index contributed by atoms with van der Waals surface area (Å²) in [5.74, 6) is 5.59. The second kappa shape index (κ2) is 5.66. The Hall–Kier alpha value is -2.02. The molecule has 0 aliphatic heterocycles. The Morgan fingerprint density at radius 2 is 2.40 bits per heavy atom. The van der Waals surface area contributed by atoms with Crippen molar-refractivity contribution < 1.29 is 4.79 Å². The van der Waals surface area contributed by atoms with E-state index in [1.165, 1.54) is 19.1 Å². The highest BCUT2D eigenvalue weighted by Crippen LogP contribution is 1.84. The molecular weight excluding hydrogens is 192 g/mol. The molecule has 4 heteroatoms. The van der Waals surface area contributed by atoms with Crippen LogP contribution in [0, 0.1) is 11.8 Å². The van der Waals surface area contributed by atoms with Gasteiger partial charge in [0.15, 0.2) is 5.43 Å². The largest absolute Gasteiger partial charge is 0.355 e. The van der Waals surface area contributed by atoms with Crippen LogP contribution in [0.25, 0.3) is 0 Å². The molecule has 1 amide bonds. The standard InChI is InChI=1S/C11H12N2O2/c1-9(14)12-6-3-2-4-10-8-11(15)5-7-13-10/h5,7-8H,3,6H2,1H3,(H,12,14)(H,13,15). The highest BCUT2D eigenvalue weighted by Gasteiger charge is 1.88. The van der Waals surface area contributed by atoms with E-state index < -0.39 is 0 Å². The second-order valence-corrected chi connectivity index (χ2v) is 2.97. The lowest BCUT2D eigenvalue weighted by Gasteiger charge is -1.94. The van der Waals surface area contributed by atoms with E-state index in [9.17, 15) is 9.59 Å². The summed E-state index contributed by atoms with van der Waals surface area (Å²) in [5.41, 5.74) is 0.519. The van der Waals surface area contributed by atoms with E-state index in [0.717, 1.165) is 0 Å². The number of hydrogen-bond acceptors (Lipinski definition) is 2. The summed E-state index contributed by atoms with van der Waals surface area (Å²) in [6, 6.07) is 2.87. The van der Waals surface area contributed by atoms with Crippen molar-refractivity contribution in [1.29, 1.82) is 0 Å². The predicted molar refractivity (Wildman–Crippen MR) is 57.2 cm³/mol. The van der Waals surface area contributed by atoms with Crippen LogP contribution < -0.4 is 10.7 Å². The van der Waals surface area contributed by atoms with Crippen LogP contribution in [-0.2, 0) is 4.79 Å². The summed E-state index contributed by atoms with van der Waals surface area (Å²) < 4.78 is 0. The fourth-order valence-corrected chi connectivity index (χ4v) is 0.977. The Bertz CT molecular complexity index is 451. The fourth-order valence-electron chi connectivity index (χ4n) is 0.977. The average molecular weight is 204 g/mol. The number of carbonyl (C=O) groups is 1. The van der Waals surface area contributed by atoms with Crippen LogP contribution in [0.5, 0.6) is 0 Å². The first-order valence-corrected chi connectivity index (χ1v) is 4.60. The van der Waals surface area contributed by atoms with Gasteiger partial charge in [0.1, 0.15) is 0 Å². The summed E-state index contributed by atoms with van der Waals surface area (Å²) in [6.07, 6.45) is 2.12. The third kappa shape index (κ3) is 4.67. The van der Waals surface area contributed by atoms with Gasteiger partial charge in [-0.25, -0.2) is 0 Å². The first kappa shape index (κ1) is 11.1. The molecule has 1 heterocycles. The highest BCUT2D eigenvalue weighted by molar-refractivity contribution is 5.72. The smallest absolute Gasteiger partial charge is 0.216 e. The van der Waals surface area contributed by atoms with E-state index >= 15 is 0 Å². The van der Waals surface area contributed by atoms with Gasteiger partial charge in [-0.15, -0.1) is 0 Å². The molecule has 0 saturated heterocycles. The molecule has 78 valence electrons. The monoisotopic (exact) mass is 204 g/mol. The lowest BCUT2D eigenvalue weighted by molar-refractivity contribution is -0.118. The maximum absolute atomic E-state index is 10.9. The first-order chi connectivity index (χ1) is 7.18. The summed E-state index contributed by atoms with van der Waals surface area (Å²) in [6.45, 7) is 1.99. The molecule has 4 nitrogen and oxygen atoms in total. The van der Waals surface area contributed by atoms with Crippen molar-refractivity contribution >= 4 is 5.91 Å². The molecule has 1 rings (SSSR count). The molecule has 0 aromatic carbocycles. The maximum Gasteiger partial charge on any atom is 0.216 e. The van der Waals surface area contributed by atoms with E-state index in [1.807, 2.05) is 0 Å². The van der Waals surface area contributed by atoms with Gasteiger partial charge in [0, 0.05) is 38.2 Å². The molecule has 0 atom stereocenters. The van der Waals surface area contributed by atoms with E-state index in [0.29, 0.717) is 18.7 Å². The molecule has 0 spiro atoms. The van der Waals surface area contributed by atoms with Gasteiger partial charge in [0.05, 0.1) is 5.69 Å². The summed E-state index contributed by atoms with van der Waals surface area (Å²) in [7, 11) is 0. The predicted octanol–water partition coefficient (Wildman–Crippen LogP) is 0.253. The van der Waals surface area contributed by atoms with Gasteiger partial charge in [-0.2, -0.15) is 0 Å². The number of hydrogen-bond donors (Lipinski definition) is 2. The fraction of sp³-hybridized carbons (Fsp3) is 0.273. The van der Waals surface area contributed by atoms with E-state index in [1.54, 1.807) is 6.20 Å². The van der Waals surface area contributed by atoms with Gasteiger partial charge in [-0.1, -0.05) is 5.92 Å². The Kier molecular flexibility index (Phi) is 4.17. The third-order valence-electron chi connectivity index (χ3n) is 1.62. The highest BCUT2D eigenvalue weighted by atomic mass is 16.1. The molecule has 1 aromatic rings. The zero-order valence-corrected chi connectivity index (χ0v) is 8.46. The van der Waals surface area contributed by atoms with Gasteiger partial charge >= 0.3 is 0 Å². The number of aromatic nitrogens is 1. The number of nitrogens with one attached hydrogen (secondary N) is 2. The average Bonchev–Trinajstić information content (AvgIpc) is 2.17. The topological polar surface area (TPSA) is 62.0 Å². The van der Waals surface area contributed by atoms with Gasteiger partial charge in [0.25, 0.3) is 0 Å². The molecule has 0 bridgehead atoms. The SMILES string of the molecule is CC(=O)NCCC#Cc1cc(=O)cc[nH]1. The van der Waals surface area contributed by atoms with Gasteiger partial charge < -0.3 is 10.3 Å². The number of pyridine rings is 1. The first-order valence-electron chi connectivity index (χ1n) is 4.60. The van der Waals surface area contributed by atoms with Crippen molar-refractivity contribution in [2.75, 3.05) is 6.54 Å². The van der Waals surface area contributed by atoms with Gasteiger partial charge in [-0.05, 0) is 5.92 Å². The minimum Gasteiger partial charge on any atom is -0.355 e. The quantitative estimate of drug-likeness (QED) is 0.536. The lowest BCUT2D eigenvalue weighted by atomic mass is 10.3. The number of rotatable bonds is 2. The summed E-state index contributed by atoms with van der Waals surface area (Å²) in [4.78, 5) is 24.3. The Balaban J connectivity index is 2.45. The van der Waals surface area contributed by atoms with E-state index in [2.05, 4.69) is 22.1 Å². The van der Waals surface area contributed by atoms with E-state index in [4.69, 9.17) is 0 Å². The second-order valence-electron chi connectivity index (χ2n) is 2.97. The summed E-state index contributed by atoms with van der Waals surface area (Å²) in [5, 5.41) is 2.63. The number of amides is 1. The minimum atomic E-state index is -0.0695. The molecule has 0 aliphatic rings. The van der Waals surface area contributed by atoms with E-state index in [-0.39, 0.29) is 11.3 Å². The number of H-pyrrole nitrogens is 1. The van der Waals surface area contributed by atoms with Crippen molar-refractivity contribution in [2.45, 2.75) is 13.3 Å². The minimum absolute atomic E-state index is 0.0649. The van der Waals surface area contributed by atoms with Crippen LogP contribution in [0.1, 0.15) is 19.0 Å². The van der Waals surface area contributed by atoms with Crippen LogP contribution in [0.3, 0.4) is 0 Å². The zero-order chi connectivity index (χ0) is 11.1. The van der Waals surface area contributed by atoms with Gasteiger partial charge in [0.2, 0.25) is 5.91 Å². The molecule has 0 radical (unpaired) electrons.